The van der Waals surface area contributed by atoms with E-state index in [0.717, 1.165) is 12.5 Å². The monoisotopic (exact) mass is 385 g/mol. The van der Waals surface area contributed by atoms with E-state index in [-0.39, 0.29) is 5.91 Å². The molecule has 1 amide bonds. The fourth-order valence-corrected chi connectivity index (χ4v) is 3.14. The molecule has 144 valence electrons. The molecule has 0 saturated carbocycles. The van der Waals surface area contributed by atoms with Gasteiger partial charge in [0, 0.05) is 36.9 Å². The smallest absolute Gasteiger partial charge is 0.252 e. The predicted molar refractivity (Wildman–Crippen MR) is 112 cm³/mol. The van der Waals surface area contributed by atoms with E-state index in [1.54, 1.807) is 36.3 Å². The van der Waals surface area contributed by atoms with Crippen LogP contribution in [0.3, 0.4) is 0 Å². The van der Waals surface area contributed by atoms with Crippen LogP contribution in [0.15, 0.2) is 52.6 Å². The fraction of sp³-hybridized carbons (Fsp3) is 0.350. The molecular weight excluding hydrogens is 358 g/mol. The Morgan fingerprint density at radius 3 is 2.70 bits per heavy atom. The second kappa shape index (κ2) is 11.2. The highest BCUT2D eigenvalue weighted by molar-refractivity contribution is 7.98. The second-order valence-electron chi connectivity index (χ2n) is 5.93. The van der Waals surface area contributed by atoms with E-state index in [4.69, 9.17) is 0 Å². The third-order valence-corrected chi connectivity index (χ3v) is 4.64. The van der Waals surface area contributed by atoms with E-state index in [9.17, 15) is 4.79 Å². The first kappa shape index (κ1) is 20.8. The number of carbonyl (C=O) groups excluding carboxylic acids is 1. The molecular formula is C20H27N5OS. The summed E-state index contributed by atoms with van der Waals surface area (Å²) in [5, 5.41) is 9.35. The van der Waals surface area contributed by atoms with Crippen molar-refractivity contribution < 1.29 is 4.79 Å². The van der Waals surface area contributed by atoms with Gasteiger partial charge in [-0.05, 0) is 49.4 Å². The van der Waals surface area contributed by atoms with Gasteiger partial charge in [0.15, 0.2) is 5.96 Å². The summed E-state index contributed by atoms with van der Waals surface area (Å²) in [6.07, 6.45) is 5.28. The van der Waals surface area contributed by atoms with E-state index < -0.39 is 0 Å². The Hall–Kier alpha value is -2.54. The molecule has 0 radical (unpaired) electrons. The molecule has 1 heterocycles. The molecule has 1 aromatic carbocycles. The van der Waals surface area contributed by atoms with Gasteiger partial charge >= 0.3 is 0 Å². The minimum Gasteiger partial charge on any atom is -0.357 e. The van der Waals surface area contributed by atoms with Gasteiger partial charge in [-0.3, -0.25) is 9.78 Å². The summed E-state index contributed by atoms with van der Waals surface area (Å²) in [5.74, 6) is 0.608. The number of aryl methyl sites for hydroxylation is 1. The Labute approximate surface area is 165 Å². The molecule has 7 heteroatoms. The van der Waals surface area contributed by atoms with Crippen LogP contribution in [0.2, 0.25) is 0 Å². The zero-order valence-electron chi connectivity index (χ0n) is 16.1. The SMILES string of the molecule is CCNC(=NCc1ccc(C)cc1SC)NCCNC(=O)c1cccnc1. The summed E-state index contributed by atoms with van der Waals surface area (Å²) in [7, 11) is 0. The number of amides is 1. The first-order valence-electron chi connectivity index (χ1n) is 8.98. The summed E-state index contributed by atoms with van der Waals surface area (Å²) in [6.45, 7) is 6.59. The number of aromatic nitrogens is 1. The molecule has 6 nitrogen and oxygen atoms in total. The molecule has 2 aromatic rings. The third kappa shape index (κ3) is 6.94. The van der Waals surface area contributed by atoms with E-state index in [1.807, 2.05) is 6.92 Å². The first-order chi connectivity index (χ1) is 13.1. The summed E-state index contributed by atoms with van der Waals surface area (Å²) in [4.78, 5) is 21.9. The van der Waals surface area contributed by atoms with Crippen LogP contribution in [0.1, 0.15) is 28.4 Å². The van der Waals surface area contributed by atoms with Gasteiger partial charge in [0.05, 0.1) is 12.1 Å². The normalized spacial score (nSPS) is 11.1. The van der Waals surface area contributed by atoms with Gasteiger partial charge in [0.2, 0.25) is 0 Å². The molecule has 27 heavy (non-hydrogen) atoms. The van der Waals surface area contributed by atoms with E-state index in [0.29, 0.717) is 25.2 Å². The lowest BCUT2D eigenvalue weighted by atomic mass is 10.1. The number of nitrogens with zero attached hydrogens (tertiary/aromatic N) is 2. The molecule has 0 fully saturated rings. The van der Waals surface area contributed by atoms with Crippen LogP contribution < -0.4 is 16.0 Å². The lowest BCUT2D eigenvalue weighted by Gasteiger charge is -2.13. The molecule has 0 atom stereocenters. The number of rotatable bonds is 8. The molecule has 0 bridgehead atoms. The van der Waals surface area contributed by atoms with Gasteiger partial charge in [-0.1, -0.05) is 12.1 Å². The average molecular weight is 386 g/mol. The summed E-state index contributed by atoms with van der Waals surface area (Å²) < 4.78 is 0. The number of hydrogen-bond donors (Lipinski definition) is 3. The van der Waals surface area contributed by atoms with Gasteiger partial charge in [0.25, 0.3) is 5.91 Å². The maximum absolute atomic E-state index is 12.0. The zero-order chi connectivity index (χ0) is 19.5. The molecule has 0 unspecified atom stereocenters. The van der Waals surface area contributed by atoms with Gasteiger partial charge in [0.1, 0.15) is 0 Å². The minimum absolute atomic E-state index is 0.129. The molecule has 0 aliphatic rings. The van der Waals surface area contributed by atoms with Crippen LogP contribution in [0.5, 0.6) is 0 Å². The summed E-state index contributed by atoms with van der Waals surface area (Å²) >= 11 is 1.73. The predicted octanol–water partition coefficient (Wildman–Crippen LogP) is 2.60. The van der Waals surface area contributed by atoms with Crippen molar-refractivity contribution in [3.63, 3.8) is 0 Å². The number of guanidine groups is 1. The standard InChI is InChI=1S/C20H27N5OS/c1-4-22-20(25-14-16-8-7-15(2)12-18(16)27-3)24-11-10-23-19(26)17-6-5-9-21-13-17/h5-9,12-13H,4,10-11,14H2,1-3H3,(H,23,26)(H2,22,24,25). The fourth-order valence-electron chi connectivity index (χ4n) is 2.44. The summed E-state index contributed by atoms with van der Waals surface area (Å²) in [6, 6.07) is 9.91. The van der Waals surface area contributed by atoms with E-state index in [2.05, 4.69) is 57.3 Å². The zero-order valence-corrected chi connectivity index (χ0v) is 16.9. The Balaban J connectivity index is 1.86. The highest BCUT2D eigenvalue weighted by Gasteiger charge is 2.05. The number of nitrogens with one attached hydrogen (secondary N) is 3. The van der Waals surface area contributed by atoms with Crippen molar-refractivity contribution in [1.29, 1.82) is 0 Å². The number of benzene rings is 1. The molecule has 0 aliphatic carbocycles. The van der Waals surface area contributed by atoms with Crippen LogP contribution >= 0.6 is 11.8 Å². The van der Waals surface area contributed by atoms with Gasteiger partial charge < -0.3 is 16.0 Å². The molecule has 3 N–H and O–H groups in total. The highest BCUT2D eigenvalue weighted by Crippen LogP contribution is 2.22. The van der Waals surface area contributed by atoms with Crippen LogP contribution in [0.25, 0.3) is 0 Å². The Kier molecular flexibility index (Phi) is 8.64. The van der Waals surface area contributed by atoms with E-state index in [1.165, 1.54) is 16.0 Å². The van der Waals surface area contributed by atoms with Gasteiger partial charge in [-0.15, -0.1) is 11.8 Å². The topological polar surface area (TPSA) is 78.4 Å². The third-order valence-electron chi connectivity index (χ3n) is 3.82. The van der Waals surface area contributed by atoms with E-state index >= 15 is 0 Å². The maximum Gasteiger partial charge on any atom is 0.252 e. The van der Waals surface area contributed by atoms with Crippen molar-refractivity contribution in [3.8, 4) is 0 Å². The Morgan fingerprint density at radius 2 is 2.00 bits per heavy atom. The van der Waals surface area contributed by atoms with Crippen LogP contribution in [-0.4, -0.2) is 42.7 Å². The lowest BCUT2D eigenvalue weighted by Crippen LogP contribution is -2.41. The minimum atomic E-state index is -0.129. The highest BCUT2D eigenvalue weighted by atomic mass is 32.2. The summed E-state index contributed by atoms with van der Waals surface area (Å²) in [5.41, 5.74) is 3.01. The second-order valence-corrected chi connectivity index (χ2v) is 6.78. The van der Waals surface area contributed by atoms with Gasteiger partial charge in [-0.25, -0.2) is 4.99 Å². The van der Waals surface area contributed by atoms with Crippen molar-refractivity contribution in [1.82, 2.24) is 20.9 Å². The number of carbonyl (C=O) groups is 1. The van der Waals surface area contributed by atoms with Crippen LogP contribution in [0.4, 0.5) is 0 Å². The van der Waals surface area contributed by atoms with Crippen molar-refractivity contribution in [2.75, 3.05) is 25.9 Å². The van der Waals surface area contributed by atoms with Crippen molar-refractivity contribution in [2.24, 2.45) is 4.99 Å². The number of thioether (sulfide) groups is 1. The molecule has 0 aliphatic heterocycles. The largest absolute Gasteiger partial charge is 0.357 e. The van der Waals surface area contributed by atoms with Gasteiger partial charge in [-0.2, -0.15) is 0 Å². The van der Waals surface area contributed by atoms with Crippen LogP contribution in [0, 0.1) is 6.92 Å². The molecule has 0 saturated heterocycles. The Bertz CT molecular complexity index is 764. The number of hydrogen-bond acceptors (Lipinski definition) is 4. The number of pyridine rings is 1. The Morgan fingerprint density at radius 1 is 1.19 bits per heavy atom. The van der Waals surface area contributed by atoms with Crippen LogP contribution in [-0.2, 0) is 6.54 Å². The quantitative estimate of drug-likeness (QED) is 0.282. The molecule has 1 aromatic heterocycles. The average Bonchev–Trinajstić information content (AvgIpc) is 2.70. The van der Waals surface area contributed by atoms with Crippen molar-refractivity contribution >= 4 is 23.6 Å². The number of aliphatic imine (C=N–C) groups is 1. The van der Waals surface area contributed by atoms with Crippen molar-refractivity contribution in [2.45, 2.75) is 25.3 Å². The van der Waals surface area contributed by atoms with Crippen molar-refractivity contribution in [3.05, 3.63) is 59.4 Å². The molecule has 2 rings (SSSR count). The first-order valence-corrected chi connectivity index (χ1v) is 10.2. The maximum atomic E-state index is 12.0. The molecule has 0 spiro atoms. The lowest BCUT2D eigenvalue weighted by molar-refractivity contribution is 0.0954.